The van der Waals surface area contributed by atoms with E-state index in [9.17, 15) is 4.79 Å². The van der Waals surface area contributed by atoms with Gasteiger partial charge in [0.05, 0.1) is 18.9 Å². The lowest BCUT2D eigenvalue weighted by atomic mass is 10.1. The van der Waals surface area contributed by atoms with Gasteiger partial charge < -0.3 is 9.64 Å². The van der Waals surface area contributed by atoms with E-state index in [0.717, 1.165) is 27.0 Å². The lowest BCUT2D eigenvalue weighted by Crippen LogP contribution is -2.41. The van der Waals surface area contributed by atoms with Crippen LogP contribution in [0.25, 0.3) is 11.3 Å². The molecule has 0 bridgehead atoms. The van der Waals surface area contributed by atoms with Gasteiger partial charge in [-0.1, -0.05) is 12.1 Å². The van der Waals surface area contributed by atoms with E-state index in [1.165, 1.54) is 4.90 Å². The topological polar surface area (TPSA) is 47.4 Å². The Labute approximate surface area is 147 Å². The number of aromatic nitrogens is 2. The number of aryl methyl sites for hydroxylation is 1. The minimum atomic E-state index is 0.0178. The Morgan fingerprint density at radius 3 is 2.91 bits per heavy atom. The third-order valence-corrected chi connectivity index (χ3v) is 6.31. The van der Waals surface area contributed by atoms with Crippen molar-refractivity contribution >= 4 is 33.6 Å². The largest absolute Gasteiger partial charge is 0.378 e. The molecule has 1 aromatic carbocycles. The lowest BCUT2D eigenvalue weighted by Gasteiger charge is -2.26. The number of benzene rings is 1. The van der Waals surface area contributed by atoms with Crippen LogP contribution >= 0.6 is 27.7 Å². The SMILES string of the molecule is Cn1nc(C(=O)N2CCOCC2)c2c1-c1cccc(Br)c1SC2. The summed E-state index contributed by atoms with van der Waals surface area (Å²) in [5.74, 6) is 0.786. The second-order valence-electron chi connectivity index (χ2n) is 5.61. The smallest absolute Gasteiger partial charge is 0.274 e. The summed E-state index contributed by atoms with van der Waals surface area (Å²) in [7, 11) is 1.91. The number of hydrogen-bond donors (Lipinski definition) is 0. The number of rotatable bonds is 1. The second-order valence-corrected chi connectivity index (χ2v) is 7.45. The zero-order valence-corrected chi connectivity index (χ0v) is 15.1. The first-order valence-corrected chi connectivity index (χ1v) is 9.29. The van der Waals surface area contributed by atoms with Crippen LogP contribution in [-0.4, -0.2) is 46.9 Å². The minimum Gasteiger partial charge on any atom is -0.378 e. The van der Waals surface area contributed by atoms with E-state index in [1.807, 2.05) is 28.8 Å². The Kier molecular flexibility index (Phi) is 3.95. The summed E-state index contributed by atoms with van der Waals surface area (Å²) in [5, 5.41) is 4.55. The van der Waals surface area contributed by atoms with Gasteiger partial charge in [-0.25, -0.2) is 0 Å². The predicted octanol–water partition coefficient (Wildman–Crippen LogP) is 2.93. The van der Waals surface area contributed by atoms with Gasteiger partial charge in [-0.2, -0.15) is 5.10 Å². The van der Waals surface area contributed by atoms with Crippen molar-refractivity contribution in [2.45, 2.75) is 10.6 Å². The Hall–Kier alpha value is -1.31. The quantitative estimate of drug-likeness (QED) is 0.747. The van der Waals surface area contributed by atoms with Crippen LogP contribution < -0.4 is 0 Å². The van der Waals surface area contributed by atoms with Crippen LogP contribution in [0, 0.1) is 0 Å². The maximum Gasteiger partial charge on any atom is 0.274 e. The molecule has 1 saturated heterocycles. The molecule has 0 saturated carbocycles. The average Bonchev–Trinajstić information content (AvgIpc) is 2.93. The molecule has 2 aromatic rings. The number of amides is 1. The van der Waals surface area contributed by atoms with Crippen molar-refractivity contribution < 1.29 is 9.53 Å². The maximum absolute atomic E-state index is 12.8. The van der Waals surface area contributed by atoms with Gasteiger partial charge in [-0.3, -0.25) is 9.48 Å². The van der Waals surface area contributed by atoms with Crippen LogP contribution in [0.2, 0.25) is 0 Å². The van der Waals surface area contributed by atoms with Gasteiger partial charge in [0.2, 0.25) is 0 Å². The van der Waals surface area contributed by atoms with Crippen LogP contribution in [0.3, 0.4) is 0 Å². The molecule has 1 aromatic heterocycles. The van der Waals surface area contributed by atoms with E-state index in [4.69, 9.17) is 4.74 Å². The highest BCUT2D eigenvalue weighted by atomic mass is 79.9. The molecule has 1 fully saturated rings. The van der Waals surface area contributed by atoms with E-state index < -0.39 is 0 Å². The molecule has 0 aliphatic carbocycles. The fourth-order valence-corrected chi connectivity index (χ4v) is 4.91. The van der Waals surface area contributed by atoms with Crippen LogP contribution in [0.5, 0.6) is 0 Å². The summed E-state index contributed by atoms with van der Waals surface area (Å²) in [6, 6.07) is 6.16. The molecule has 5 nitrogen and oxygen atoms in total. The van der Waals surface area contributed by atoms with Gasteiger partial charge in [0.25, 0.3) is 5.91 Å². The summed E-state index contributed by atoms with van der Waals surface area (Å²) in [6.45, 7) is 2.48. The molecule has 0 radical (unpaired) electrons. The fraction of sp³-hybridized carbons (Fsp3) is 0.375. The van der Waals surface area contributed by atoms with Gasteiger partial charge in [0.1, 0.15) is 0 Å². The fourth-order valence-electron chi connectivity index (χ4n) is 3.12. The molecule has 2 aliphatic heterocycles. The van der Waals surface area contributed by atoms with Gasteiger partial charge >= 0.3 is 0 Å². The average molecular weight is 394 g/mol. The molecule has 2 aliphatic rings. The summed E-state index contributed by atoms with van der Waals surface area (Å²) in [4.78, 5) is 15.9. The number of halogens is 1. The highest BCUT2D eigenvalue weighted by Crippen LogP contribution is 2.45. The van der Waals surface area contributed by atoms with Crippen molar-refractivity contribution in [2.75, 3.05) is 26.3 Å². The molecule has 0 unspecified atom stereocenters. The molecular weight excluding hydrogens is 378 g/mol. The Morgan fingerprint density at radius 1 is 1.35 bits per heavy atom. The standard InChI is InChI=1S/C16H16BrN3O2S/c1-19-14-10-3-2-4-12(17)15(10)23-9-11(14)13(18-19)16(21)20-5-7-22-8-6-20/h2-4H,5-9H2,1H3. The third kappa shape index (κ3) is 2.51. The van der Waals surface area contributed by atoms with Crippen molar-refractivity contribution in [1.29, 1.82) is 0 Å². The van der Waals surface area contributed by atoms with Crippen molar-refractivity contribution in [1.82, 2.24) is 14.7 Å². The molecule has 0 spiro atoms. The molecular formula is C16H16BrN3O2S. The first kappa shape index (κ1) is 15.2. The van der Waals surface area contributed by atoms with Crippen molar-refractivity contribution in [3.8, 4) is 11.3 Å². The Bertz CT molecular complexity index is 784. The van der Waals surface area contributed by atoms with Crippen molar-refractivity contribution in [3.05, 3.63) is 33.9 Å². The normalized spacial score (nSPS) is 16.9. The van der Waals surface area contributed by atoms with E-state index in [-0.39, 0.29) is 5.91 Å². The summed E-state index contributed by atoms with van der Waals surface area (Å²) < 4.78 is 8.27. The van der Waals surface area contributed by atoms with Gasteiger partial charge in [-0.15, -0.1) is 11.8 Å². The molecule has 3 heterocycles. The zero-order chi connectivity index (χ0) is 16.0. The molecule has 7 heteroatoms. The summed E-state index contributed by atoms with van der Waals surface area (Å²) >= 11 is 5.37. The predicted molar refractivity (Wildman–Crippen MR) is 92.6 cm³/mol. The Morgan fingerprint density at radius 2 is 2.13 bits per heavy atom. The van der Waals surface area contributed by atoms with E-state index in [2.05, 4.69) is 27.1 Å². The van der Waals surface area contributed by atoms with E-state index >= 15 is 0 Å². The number of ether oxygens (including phenoxy) is 1. The number of carbonyl (C=O) groups is 1. The molecule has 4 rings (SSSR count). The minimum absolute atomic E-state index is 0.0178. The first-order valence-electron chi connectivity index (χ1n) is 7.51. The van der Waals surface area contributed by atoms with Crippen molar-refractivity contribution in [2.24, 2.45) is 7.05 Å². The first-order chi connectivity index (χ1) is 11.2. The highest BCUT2D eigenvalue weighted by molar-refractivity contribution is 9.10. The molecule has 0 atom stereocenters. The monoisotopic (exact) mass is 393 g/mol. The number of nitrogens with zero attached hydrogens (tertiary/aromatic N) is 3. The molecule has 1 amide bonds. The van der Waals surface area contributed by atoms with Crippen LogP contribution in [0.4, 0.5) is 0 Å². The van der Waals surface area contributed by atoms with E-state index in [0.29, 0.717) is 32.0 Å². The van der Waals surface area contributed by atoms with E-state index in [1.54, 1.807) is 11.8 Å². The van der Waals surface area contributed by atoms with Gasteiger partial charge in [-0.05, 0) is 22.0 Å². The highest BCUT2D eigenvalue weighted by Gasteiger charge is 2.31. The number of morpholine rings is 1. The zero-order valence-electron chi connectivity index (χ0n) is 12.7. The number of thioether (sulfide) groups is 1. The Balaban J connectivity index is 1.78. The summed E-state index contributed by atoms with van der Waals surface area (Å²) in [6.07, 6.45) is 0. The van der Waals surface area contributed by atoms with Crippen LogP contribution in [0.15, 0.2) is 27.6 Å². The number of carbonyl (C=O) groups excluding carboxylic acids is 1. The lowest BCUT2D eigenvalue weighted by molar-refractivity contribution is 0.0298. The molecule has 0 N–H and O–H groups in total. The second kappa shape index (κ2) is 5.96. The number of fused-ring (bicyclic) bond motifs is 3. The van der Waals surface area contributed by atoms with Gasteiger partial charge in [0, 0.05) is 46.4 Å². The van der Waals surface area contributed by atoms with Crippen molar-refractivity contribution in [3.63, 3.8) is 0 Å². The maximum atomic E-state index is 12.8. The van der Waals surface area contributed by atoms with Gasteiger partial charge in [0.15, 0.2) is 5.69 Å². The summed E-state index contributed by atoms with van der Waals surface area (Å²) in [5.41, 5.74) is 3.82. The molecule has 120 valence electrons. The number of hydrogen-bond acceptors (Lipinski definition) is 4. The third-order valence-electron chi connectivity index (χ3n) is 4.23. The molecule has 23 heavy (non-hydrogen) atoms. The van der Waals surface area contributed by atoms with Crippen LogP contribution in [0.1, 0.15) is 16.1 Å². The van der Waals surface area contributed by atoms with Crippen LogP contribution in [-0.2, 0) is 17.5 Å².